The highest BCUT2D eigenvalue weighted by Crippen LogP contribution is 2.11. The van der Waals surface area contributed by atoms with Crippen LogP contribution in [0.3, 0.4) is 0 Å². The molecular formula is C9H13ClN2O3S. The minimum Gasteiger partial charge on any atom is -0.389 e. The summed E-state index contributed by atoms with van der Waals surface area (Å²) in [7, 11) is -3.64. The van der Waals surface area contributed by atoms with Gasteiger partial charge >= 0.3 is 0 Å². The first-order chi connectivity index (χ1) is 7.21. The summed E-state index contributed by atoms with van der Waals surface area (Å²) >= 11 is 5.55. The van der Waals surface area contributed by atoms with Gasteiger partial charge in [0, 0.05) is 12.7 Å². The van der Waals surface area contributed by atoms with E-state index in [1.165, 1.54) is 26.0 Å². The van der Waals surface area contributed by atoms with E-state index in [1.807, 2.05) is 0 Å². The lowest BCUT2D eigenvalue weighted by Gasteiger charge is -2.17. The van der Waals surface area contributed by atoms with Crippen LogP contribution in [0, 0.1) is 0 Å². The fourth-order valence-electron chi connectivity index (χ4n) is 0.876. The average molecular weight is 265 g/mol. The van der Waals surface area contributed by atoms with Gasteiger partial charge in [0.05, 0.1) is 5.60 Å². The van der Waals surface area contributed by atoms with Crippen molar-refractivity contribution in [3.63, 3.8) is 0 Å². The smallest absolute Gasteiger partial charge is 0.242 e. The molecule has 1 aromatic heterocycles. The first-order valence-corrected chi connectivity index (χ1v) is 6.40. The second-order valence-corrected chi connectivity index (χ2v) is 6.11. The average Bonchev–Trinajstić information content (AvgIpc) is 2.15. The van der Waals surface area contributed by atoms with Gasteiger partial charge in [-0.1, -0.05) is 11.6 Å². The second kappa shape index (κ2) is 4.67. The molecule has 1 heterocycles. The van der Waals surface area contributed by atoms with Gasteiger partial charge in [-0.15, -0.1) is 0 Å². The monoisotopic (exact) mass is 264 g/mol. The van der Waals surface area contributed by atoms with E-state index in [4.69, 9.17) is 11.6 Å². The fourth-order valence-corrected chi connectivity index (χ4v) is 2.14. The van der Waals surface area contributed by atoms with Crippen molar-refractivity contribution < 1.29 is 13.5 Å². The largest absolute Gasteiger partial charge is 0.389 e. The van der Waals surface area contributed by atoms with Gasteiger partial charge in [0.1, 0.15) is 10.0 Å². The molecule has 90 valence electrons. The van der Waals surface area contributed by atoms with Crippen molar-refractivity contribution in [1.29, 1.82) is 0 Å². The number of aliphatic hydroxyl groups is 1. The molecule has 0 aliphatic rings. The molecule has 1 aromatic rings. The van der Waals surface area contributed by atoms with Crippen LogP contribution in [-0.2, 0) is 10.0 Å². The maximum absolute atomic E-state index is 11.7. The number of rotatable bonds is 4. The SMILES string of the molecule is CC(C)(O)CNS(=O)(=O)c1ccc(Cl)nc1. The van der Waals surface area contributed by atoms with E-state index in [0.717, 1.165) is 6.20 Å². The van der Waals surface area contributed by atoms with Gasteiger partial charge in [-0.25, -0.2) is 18.1 Å². The number of nitrogens with zero attached hydrogens (tertiary/aromatic N) is 1. The molecule has 0 unspecified atom stereocenters. The zero-order valence-corrected chi connectivity index (χ0v) is 10.5. The lowest BCUT2D eigenvalue weighted by Crippen LogP contribution is -2.38. The molecule has 7 heteroatoms. The van der Waals surface area contributed by atoms with Gasteiger partial charge < -0.3 is 5.11 Å². The van der Waals surface area contributed by atoms with Crippen LogP contribution in [0.2, 0.25) is 5.15 Å². The Morgan fingerprint density at radius 2 is 2.12 bits per heavy atom. The predicted molar refractivity (Wildman–Crippen MR) is 60.7 cm³/mol. The van der Waals surface area contributed by atoms with Crippen molar-refractivity contribution in [2.75, 3.05) is 6.54 Å². The Bertz CT molecular complexity index is 451. The number of aromatic nitrogens is 1. The quantitative estimate of drug-likeness (QED) is 0.788. The summed E-state index contributed by atoms with van der Waals surface area (Å²) in [5.41, 5.74) is -1.10. The lowest BCUT2D eigenvalue weighted by atomic mass is 10.1. The Hall–Kier alpha value is -0.690. The Labute approximate surface area is 99.5 Å². The fraction of sp³-hybridized carbons (Fsp3) is 0.444. The van der Waals surface area contributed by atoms with Crippen LogP contribution in [0.15, 0.2) is 23.2 Å². The van der Waals surface area contributed by atoms with Crippen molar-refractivity contribution >= 4 is 21.6 Å². The number of sulfonamides is 1. The molecule has 2 N–H and O–H groups in total. The van der Waals surface area contributed by atoms with E-state index in [-0.39, 0.29) is 16.6 Å². The zero-order chi connectivity index (χ0) is 12.4. The standard InChI is InChI=1S/C9H13ClN2O3S/c1-9(2,13)6-12-16(14,15)7-3-4-8(10)11-5-7/h3-5,12-13H,6H2,1-2H3. The molecule has 5 nitrogen and oxygen atoms in total. The van der Waals surface area contributed by atoms with Crippen molar-refractivity contribution in [1.82, 2.24) is 9.71 Å². The summed E-state index contributed by atoms with van der Waals surface area (Å²) in [6, 6.07) is 2.74. The van der Waals surface area contributed by atoms with E-state index in [0.29, 0.717) is 0 Å². The van der Waals surface area contributed by atoms with Crippen LogP contribution >= 0.6 is 11.6 Å². The minimum absolute atomic E-state index is 0.0150. The zero-order valence-electron chi connectivity index (χ0n) is 8.94. The molecule has 0 aliphatic heterocycles. The Balaban J connectivity index is 2.83. The maximum atomic E-state index is 11.7. The Kier molecular flexibility index (Phi) is 3.90. The third-order valence-electron chi connectivity index (χ3n) is 1.71. The van der Waals surface area contributed by atoms with E-state index in [9.17, 15) is 13.5 Å². The van der Waals surface area contributed by atoms with Gasteiger partial charge in [-0.2, -0.15) is 0 Å². The van der Waals surface area contributed by atoms with E-state index >= 15 is 0 Å². The van der Waals surface area contributed by atoms with Gasteiger partial charge in [0.15, 0.2) is 0 Å². The molecule has 0 atom stereocenters. The maximum Gasteiger partial charge on any atom is 0.242 e. The van der Waals surface area contributed by atoms with Gasteiger partial charge in [0.2, 0.25) is 10.0 Å². The molecule has 0 bridgehead atoms. The molecule has 16 heavy (non-hydrogen) atoms. The molecule has 0 aliphatic carbocycles. The molecule has 0 fully saturated rings. The van der Waals surface area contributed by atoms with Crippen molar-refractivity contribution in [3.8, 4) is 0 Å². The highest BCUT2D eigenvalue weighted by Gasteiger charge is 2.19. The number of hydrogen-bond donors (Lipinski definition) is 2. The third kappa shape index (κ3) is 4.05. The first-order valence-electron chi connectivity index (χ1n) is 4.54. The normalized spacial score (nSPS) is 12.8. The molecule has 1 rings (SSSR count). The van der Waals surface area contributed by atoms with Crippen LogP contribution in [-0.4, -0.2) is 30.7 Å². The molecule has 0 radical (unpaired) electrons. The van der Waals surface area contributed by atoms with Crippen LogP contribution in [0.1, 0.15) is 13.8 Å². The highest BCUT2D eigenvalue weighted by atomic mass is 35.5. The van der Waals surface area contributed by atoms with Crippen LogP contribution in [0.5, 0.6) is 0 Å². The summed E-state index contributed by atoms with van der Waals surface area (Å²) in [4.78, 5) is 3.69. The van der Waals surface area contributed by atoms with Gasteiger partial charge in [-0.3, -0.25) is 0 Å². The molecule has 0 saturated carbocycles. The van der Waals surface area contributed by atoms with Gasteiger partial charge in [-0.05, 0) is 26.0 Å². The second-order valence-electron chi connectivity index (χ2n) is 3.95. The summed E-state index contributed by atoms with van der Waals surface area (Å²) in [5, 5.41) is 9.63. The number of nitrogens with one attached hydrogen (secondary N) is 1. The molecule has 0 amide bonds. The summed E-state index contributed by atoms with van der Waals surface area (Å²) in [5.74, 6) is 0. The van der Waals surface area contributed by atoms with Crippen LogP contribution in [0.4, 0.5) is 0 Å². The first kappa shape index (κ1) is 13.4. The molecule has 0 aromatic carbocycles. The number of pyridine rings is 1. The lowest BCUT2D eigenvalue weighted by molar-refractivity contribution is 0.0857. The van der Waals surface area contributed by atoms with Gasteiger partial charge in [0.25, 0.3) is 0 Å². The Morgan fingerprint density at radius 1 is 1.50 bits per heavy atom. The highest BCUT2D eigenvalue weighted by molar-refractivity contribution is 7.89. The number of halogens is 1. The van der Waals surface area contributed by atoms with Crippen molar-refractivity contribution in [2.45, 2.75) is 24.3 Å². The van der Waals surface area contributed by atoms with E-state index < -0.39 is 15.6 Å². The summed E-state index contributed by atoms with van der Waals surface area (Å²) in [6.07, 6.45) is 1.16. The summed E-state index contributed by atoms with van der Waals surface area (Å²) in [6.45, 7) is 2.95. The van der Waals surface area contributed by atoms with E-state index in [1.54, 1.807) is 0 Å². The molecular weight excluding hydrogens is 252 g/mol. The van der Waals surface area contributed by atoms with Crippen LogP contribution in [0.25, 0.3) is 0 Å². The summed E-state index contributed by atoms with van der Waals surface area (Å²) < 4.78 is 25.6. The van der Waals surface area contributed by atoms with Crippen LogP contribution < -0.4 is 4.72 Å². The topological polar surface area (TPSA) is 79.3 Å². The van der Waals surface area contributed by atoms with Crippen molar-refractivity contribution in [3.05, 3.63) is 23.5 Å². The minimum atomic E-state index is -3.64. The predicted octanol–water partition coefficient (Wildman–Crippen LogP) is 0.784. The number of hydrogen-bond acceptors (Lipinski definition) is 4. The van der Waals surface area contributed by atoms with E-state index in [2.05, 4.69) is 9.71 Å². The van der Waals surface area contributed by atoms with Crippen molar-refractivity contribution in [2.24, 2.45) is 0 Å². The molecule has 0 saturated heterocycles. The Morgan fingerprint density at radius 3 is 2.56 bits per heavy atom. The molecule has 0 spiro atoms. The third-order valence-corrected chi connectivity index (χ3v) is 3.32.